The van der Waals surface area contributed by atoms with Gasteiger partial charge in [0.1, 0.15) is 0 Å². The molecule has 0 bridgehead atoms. The predicted octanol–water partition coefficient (Wildman–Crippen LogP) is 2.41. The highest BCUT2D eigenvalue weighted by Gasteiger charge is 2.30. The van der Waals surface area contributed by atoms with E-state index in [0.29, 0.717) is 11.8 Å². The largest absolute Gasteiger partial charge is 0.337 e. The normalized spacial score (nSPS) is 15.7. The molecule has 4 heteroatoms. The molecule has 1 aromatic carbocycles. The lowest BCUT2D eigenvalue weighted by molar-refractivity contribution is 0.279. The lowest BCUT2D eigenvalue weighted by atomic mass is 10.0. The summed E-state index contributed by atoms with van der Waals surface area (Å²) in [6, 6.07) is 8.56. The van der Waals surface area contributed by atoms with E-state index < -0.39 is 0 Å². The number of aromatic nitrogens is 2. The fraction of sp³-hybridized carbons (Fsp3) is 0.467. The zero-order valence-corrected chi connectivity index (χ0v) is 11.6. The predicted molar refractivity (Wildman–Crippen MR) is 73.0 cm³/mol. The lowest BCUT2D eigenvalue weighted by Crippen LogP contribution is -2.33. The van der Waals surface area contributed by atoms with Crippen LogP contribution in [0.25, 0.3) is 0 Å². The summed E-state index contributed by atoms with van der Waals surface area (Å²) in [5.74, 6) is 1.83. The maximum atomic E-state index is 5.41. The van der Waals surface area contributed by atoms with Crippen molar-refractivity contribution < 1.29 is 4.52 Å². The van der Waals surface area contributed by atoms with E-state index in [1.807, 2.05) is 20.9 Å². The van der Waals surface area contributed by atoms with E-state index in [9.17, 15) is 0 Å². The Bertz CT molecular complexity index is 564. The molecule has 0 aliphatic heterocycles. The maximum Gasteiger partial charge on any atom is 0.246 e. The van der Waals surface area contributed by atoms with E-state index in [-0.39, 0.29) is 5.54 Å². The topological polar surface area (TPSA) is 51.0 Å². The van der Waals surface area contributed by atoms with Gasteiger partial charge in [0.2, 0.25) is 5.89 Å². The Hall–Kier alpha value is -1.68. The molecule has 19 heavy (non-hydrogen) atoms. The zero-order chi connectivity index (χ0) is 13.5. The molecular weight excluding hydrogens is 238 g/mol. The van der Waals surface area contributed by atoms with E-state index in [1.165, 1.54) is 11.1 Å². The third-order valence-corrected chi connectivity index (χ3v) is 4.02. The van der Waals surface area contributed by atoms with Crippen LogP contribution in [0, 0.1) is 0 Å². The number of hydrogen-bond donors (Lipinski definition) is 1. The molecule has 4 nitrogen and oxygen atoms in total. The van der Waals surface area contributed by atoms with E-state index >= 15 is 0 Å². The SMILES string of the molecule is CNC(C)(C)c1nc(C2Cc3ccccc3C2)no1. The zero-order valence-electron chi connectivity index (χ0n) is 11.6. The minimum atomic E-state index is -0.281. The van der Waals surface area contributed by atoms with Crippen LogP contribution in [0.3, 0.4) is 0 Å². The van der Waals surface area contributed by atoms with Gasteiger partial charge < -0.3 is 9.84 Å². The first-order valence-corrected chi connectivity index (χ1v) is 6.70. The Balaban J connectivity index is 1.83. The molecular formula is C15H19N3O. The van der Waals surface area contributed by atoms with Gasteiger partial charge in [-0.2, -0.15) is 4.98 Å². The minimum Gasteiger partial charge on any atom is -0.337 e. The lowest BCUT2D eigenvalue weighted by Gasteiger charge is -2.17. The van der Waals surface area contributed by atoms with Gasteiger partial charge in [-0.25, -0.2) is 0 Å². The molecule has 3 rings (SSSR count). The van der Waals surface area contributed by atoms with Crippen molar-refractivity contribution in [1.82, 2.24) is 15.5 Å². The smallest absolute Gasteiger partial charge is 0.246 e. The average molecular weight is 257 g/mol. The quantitative estimate of drug-likeness (QED) is 0.917. The summed E-state index contributed by atoms with van der Waals surface area (Å²) < 4.78 is 5.41. The summed E-state index contributed by atoms with van der Waals surface area (Å²) in [7, 11) is 1.90. The van der Waals surface area contributed by atoms with Gasteiger partial charge in [0, 0.05) is 5.92 Å². The summed E-state index contributed by atoms with van der Waals surface area (Å²) >= 11 is 0. The molecule has 0 atom stereocenters. The van der Waals surface area contributed by atoms with Crippen molar-refractivity contribution >= 4 is 0 Å². The fourth-order valence-electron chi connectivity index (χ4n) is 2.50. The van der Waals surface area contributed by atoms with Crippen LogP contribution < -0.4 is 5.32 Å². The molecule has 0 unspecified atom stereocenters. The Morgan fingerprint density at radius 1 is 1.21 bits per heavy atom. The van der Waals surface area contributed by atoms with E-state index in [1.54, 1.807) is 0 Å². The van der Waals surface area contributed by atoms with Gasteiger partial charge >= 0.3 is 0 Å². The van der Waals surface area contributed by atoms with Crippen LogP contribution in [-0.2, 0) is 18.4 Å². The number of fused-ring (bicyclic) bond motifs is 1. The number of nitrogens with one attached hydrogen (secondary N) is 1. The molecule has 0 radical (unpaired) electrons. The maximum absolute atomic E-state index is 5.41. The van der Waals surface area contributed by atoms with Crippen LogP contribution in [0.2, 0.25) is 0 Å². The van der Waals surface area contributed by atoms with Gasteiger partial charge in [-0.15, -0.1) is 0 Å². The number of nitrogens with zero attached hydrogens (tertiary/aromatic N) is 2. The number of rotatable bonds is 3. The Labute approximate surface area is 113 Å². The van der Waals surface area contributed by atoms with Crippen molar-refractivity contribution in [2.24, 2.45) is 0 Å². The van der Waals surface area contributed by atoms with E-state index in [2.05, 4.69) is 39.7 Å². The highest BCUT2D eigenvalue weighted by atomic mass is 16.5. The molecule has 2 aromatic rings. The first kappa shape index (κ1) is 12.4. The molecule has 0 saturated heterocycles. The van der Waals surface area contributed by atoms with Crippen molar-refractivity contribution in [3.63, 3.8) is 0 Å². The van der Waals surface area contributed by atoms with Crippen molar-refractivity contribution in [3.8, 4) is 0 Å². The van der Waals surface area contributed by atoms with Crippen LogP contribution in [0.15, 0.2) is 28.8 Å². The highest BCUT2D eigenvalue weighted by molar-refractivity contribution is 5.34. The third kappa shape index (κ3) is 2.16. The number of hydrogen-bond acceptors (Lipinski definition) is 4. The molecule has 1 aliphatic carbocycles. The van der Waals surface area contributed by atoms with Crippen molar-refractivity contribution in [3.05, 3.63) is 47.1 Å². The first-order chi connectivity index (χ1) is 9.10. The van der Waals surface area contributed by atoms with Crippen LogP contribution in [-0.4, -0.2) is 17.2 Å². The summed E-state index contributed by atoms with van der Waals surface area (Å²) in [5.41, 5.74) is 2.54. The molecule has 1 aliphatic rings. The standard InChI is InChI=1S/C15H19N3O/c1-15(2,16-3)14-17-13(18-19-14)12-8-10-6-4-5-7-11(10)9-12/h4-7,12,16H,8-9H2,1-3H3. The van der Waals surface area contributed by atoms with Gasteiger partial charge in [-0.1, -0.05) is 29.4 Å². The van der Waals surface area contributed by atoms with Gasteiger partial charge in [0.05, 0.1) is 5.54 Å². The second-order valence-electron chi connectivity index (χ2n) is 5.71. The van der Waals surface area contributed by atoms with Crippen LogP contribution >= 0.6 is 0 Å². The van der Waals surface area contributed by atoms with Crippen molar-refractivity contribution in [1.29, 1.82) is 0 Å². The summed E-state index contributed by atoms with van der Waals surface area (Å²) in [6.45, 7) is 4.07. The Morgan fingerprint density at radius 2 is 1.84 bits per heavy atom. The summed E-state index contributed by atoms with van der Waals surface area (Å²) in [6.07, 6.45) is 2.02. The van der Waals surface area contributed by atoms with Gasteiger partial charge in [-0.05, 0) is 44.9 Å². The summed E-state index contributed by atoms with van der Waals surface area (Å²) in [5, 5.41) is 7.35. The van der Waals surface area contributed by atoms with Crippen LogP contribution in [0.4, 0.5) is 0 Å². The molecule has 1 N–H and O–H groups in total. The van der Waals surface area contributed by atoms with Crippen LogP contribution in [0.1, 0.15) is 42.6 Å². The van der Waals surface area contributed by atoms with Crippen molar-refractivity contribution in [2.45, 2.75) is 38.1 Å². The van der Waals surface area contributed by atoms with Gasteiger partial charge in [0.25, 0.3) is 0 Å². The van der Waals surface area contributed by atoms with Crippen molar-refractivity contribution in [2.75, 3.05) is 7.05 Å². The van der Waals surface area contributed by atoms with E-state index in [0.717, 1.165) is 18.7 Å². The molecule has 0 fully saturated rings. The van der Waals surface area contributed by atoms with E-state index in [4.69, 9.17) is 4.52 Å². The fourth-order valence-corrected chi connectivity index (χ4v) is 2.50. The molecule has 0 saturated carbocycles. The van der Waals surface area contributed by atoms with Crippen LogP contribution in [0.5, 0.6) is 0 Å². The second kappa shape index (κ2) is 4.46. The average Bonchev–Trinajstić information content (AvgIpc) is 3.05. The molecule has 100 valence electrons. The first-order valence-electron chi connectivity index (χ1n) is 6.70. The number of benzene rings is 1. The molecule has 0 spiro atoms. The molecule has 1 aromatic heterocycles. The molecule has 1 heterocycles. The summed E-state index contributed by atoms with van der Waals surface area (Å²) in [4.78, 5) is 4.58. The monoisotopic (exact) mass is 257 g/mol. The third-order valence-electron chi connectivity index (χ3n) is 4.02. The Kier molecular flexibility index (Phi) is 2.90. The van der Waals surface area contributed by atoms with Gasteiger partial charge in [0.15, 0.2) is 5.82 Å². The molecule has 0 amide bonds. The highest BCUT2D eigenvalue weighted by Crippen LogP contribution is 2.33. The second-order valence-corrected chi connectivity index (χ2v) is 5.71. The minimum absolute atomic E-state index is 0.281. The Morgan fingerprint density at radius 3 is 2.42 bits per heavy atom. The van der Waals surface area contributed by atoms with Gasteiger partial charge in [-0.3, -0.25) is 0 Å².